The average molecular weight is 278 g/mol. The van der Waals surface area contributed by atoms with E-state index in [1.54, 1.807) is 31.2 Å². The van der Waals surface area contributed by atoms with Gasteiger partial charge in [0.2, 0.25) is 11.8 Å². The first-order valence-corrected chi connectivity index (χ1v) is 6.65. The van der Waals surface area contributed by atoms with Gasteiger partial charge >= 0.3 is 0 Å². The van der Waals surface area contributed by atoms with E-state index in [0.29, 0.717) is 5.56 Å². The quantitative estimate of drug-likeness (QED) is 0.724. The zero-order chi connectivity index (χ0) is 15.2. The van der Waals surface area contributed by atoms with Gasteiger partial charge in [0.15, 0.2) is 0 Å². The second kappa shape index (κ2) is 7.05. The monoisotopic (exact) mass is 278 g/mol. The Morgan fingerprint density at radius 2 is 1.80 bits per heavy atom. The molecule has 1 rings (SSSR count). The lowest BCUT2D eigenvalue weighted by Gasteiger charge is -2.23. The van der Waals surface area contributed by atoms with Crippen LogP contribution in [0.15, 0.2) is 30.3 Å². The fourth-order valence-corrected chi connectivity index (χ4v) is 1.83. The molecule has 1 aromatic rings. The predicted molar refractivity (Wildman–Crippen MR) is 76.9 cm³/mol. The van der Waals surface area contributed by atoms with Gasteiger partial charge in [-0.15, -0.1) is 0 Å². The number of hydrogen-bond acceptors (Lipinski definition) is 3. The van der Waals surface area contributed by atoms with E-state index in [9.17, 15) is 14.7 Å². The standard InChI is InChI=1S/C15H22N2O3/c1-11(2)17-14(19)10-16-13(18)9-15(3,20)12-7-5-4-6-8-12/h4-8,11,20H,9-10H2,1-3H3,(H,16,18)(H,17,19). The van der Waals surface area contributed by atoms with Crippen LogP contribution in [-0.4, -0.2) is 29.5 Å². The summed E-state index contributed by atoms with van der Waals surface area (Å²) < 4.78 is 0. The minimum Gasteiger partial charge on any atom is -0.385 e. The molecule has 0 aliphatic heterocycles. The van der Waals surface area contributed by atoms with Gasteiger partial charge < -0.3 is 15.7 Å². The Balaban J connectivity index is 2.48. The molecule has 0 heterocycles. The largest absolute Gasteiger partial charge is 0.385 e. The maximum Gasteiger partial charge on any atom is 0.239 e. The van der Waals surface area contributed by atoms with Crippen LogP contribution in [0.4, 0.5) is 0 Å². The molecule has 1 atom stereocenters. The SMILES string of the molecule is CC(C)NC(=O)CNC(=O)CC(C)(O)c1ccccc1. The Morgan fingerprint density at radius 3 is 2.35 bits per heavy atom. The smallest absolute Gasteiger partial charge is 0.239 e. The van der Waals surface area contributed by atoms with Crippen molar-refractivity contribution >= 4 is 11.8 Å². The Bertz CT molecular complexity index is 455. The molecular weight excluding hydrogens is 256 g/mol. The van der Waals surface area contributed by atoms with E-state index < -0.39 is 5.60 Å². The van der Waals surface area contributed by atoms with E-state index in [1.165, 1.54) is 0 Å². The fraction of sp³-hybridized carbons (Fsp3) is 0.467. The number of nitrogens with one attached hydrogen (secondary N) is 2. The molecule has 110 valence electrons. The van der Waals surface area contributed by atoms with Crippen LogP contribution in [0, 0.1) is 0 Å². The molecule has 0 saturated carbocycles. The predicted octanol–water partition coefficient (Wildman–Crippen LogP) is 0.925. The molecule has 5 nitrogen and oxygen atoms in total. The van der Waals surface area contributed by atoms with Crippen LogP contribution in [0.25, 0.3) is 0 Å². The summed E-state index contributed by atoms with van der Waals surface area (Å²) in [7, 11) is 0. The van der Waals surface area contributed by atoms with Gasteiger partial charge in [-0.25, -0.2) is 0 Å². The summed E-state index contributed by atoms with van der Waals surface area (Å²) in [6.07, 6.45) is -0.0913. The first kappa shape index (κ1) is 16.2. The van der Waals surface area contributed by atoms with E-state index in [2.05, 4.69) is 10.6 Å². The molecule has 0 aromatic heterocycles. The number of aliphatic hydroxyl groups is 1. The van der Waals surface area contributed by atoms with Crippen molar-refractivity contribution in [3.8, 4) is 0 Å². The van der Waals surface area contributed by atoms with Gasteiger partial charge in [0, 0.05) is 6.04 Å². The fourth-order valence-electron chi connectivity index (χ4n) is 1.83. The van der Waals surface area contributed by atoms with Crippen molar-refractivity contribution in [1.29, 1.82) is 0 Å². The van der Waals surface area contributed by atoms with Gasteiger partial charge in [0.05, 0.1) is 18.6 Å². The molecule has 0 radical (unpaired) electrons. The van der Waals surface area contributed by atoms with Gasteiger partial charge in [-0.05, 0) is 26.3 Å². The summed E-state index contributed by atoms with van der Waals surface area (Å²) in [6.45, 7) is 5.19. The molecule has 0 spiro atoms. The maximum atomic E-state index is 11.8. The van der Waals surface area contributed by atoms with Crippen LogP contribution >= 0.6 is 0 Å². The molecule has 1 aromatic carbocycles. The molecular formula is C15H22N2O3. The van der Waals surface area contributed by atoms with E-state index in [1.807, 2.05) is 19.9 Å². The van der Waals surface area contributed by atoms with Crippen LogP contribution in [0.2, 0.25) is 0 Å². The third-order valence-corrected chi connectivity index (χ3v) is 2.80. The van der Waals surface area contributed by atoms with Gasteiger partial charge in [-0.3, -0.25) is 9.59 Å². The summed E-state index contributed by atoms with van der Waals surface area (Å²) in [5.74, 6) is -0.606. The van der Waals surface area contributed by atoms with Crippen LogP contribution in [-0.2, 0) is 15.2 Å². The van der Waals surface area contributed by atoms with Crippen LogP contribution in [0.1, 0.15) is 32.8 Å². The molecule has 0 aliphatic rings. The zero-order valence-electron chi connectivity index (χ0n) is 12.1. The molecule has 20 heavy (non-hydrogen) atoms. The first-order chi connectivity index (χ1) is 9.31. The normalized spacial score (nSPS) is 13.7. The van der Waals surface area contributed by atoms with Crippen molar-refractivity contribution in [3.05, 3.63) is 35.9 Å². The second-order valence-electron chi connectivity index (χ2n) is 5.32. The molecule has 0 bridgehead atoms. The second-order valence-corrected chi connectivity index (χ2v) is 5.32. The summed E-state index contributed by atoms with van der Waals surface area (Å²) >= 11 is 0. The summed E-state index contributed by atoms with van der Waals surface area (Å²) in [4.78, 5) is 23.2. The van der Waals surface area contributed by atoms with Gasteiger partial charge in [-0.2, -0.15) is 0 Å². The molecule has 5 heteroatoms. The first-order valence-electron chi connectivity index (χ1n) is 6.65. The highest BCUT2D eigenvalue weighted by Crippen LogP contribution is 2.23. The lowest BCUT2D eigenvalue weighted by atomic mass is 9.92. The Labute approximate surface area is 119 Å². The maximum absolute atomic E-state index is 11.8. The number of benzene rings is 1. The summed E-state index contributed by atoms with van der Waals surface area (Å²) in [6, 6.07) is 9.01. The number of rotatable bonds is 6. The van der Waals surface area contributed by atoms with Crippen LogP contribution < -0.4 is 10.6 Å². The molecule has 1 unspecified atom stereocenters. The highest BCUT2D eigenvalue weighted by molar-refractivity contribution is 5.85. The zero-order valence-corrected chi connectivity index (χ0v) is 12.1. The van der Waals surface area contributed by atoms with Crippen molar-refractivity contribution in [3.63, 3.8) is 0 Å². The number of carbonyl (C=O) groups excluding carboxylic acids is 2. The summed E-state index contributed by atoms with van der Waals surface area (Å²) in [5, 5.41) is 15.5. The van der Waals surface area contributed by atoms with Crippen molar-refractivity contribution in [1.82, 2.24) is 10.6 Å². The third kappa shape index (κ3) is 5.40. The number of amides is 2. The summed E-state index contributed by atoms with van der Waals surface area (Å²) in [5.41, 5.74) is -0.582. The van der Waals surface area contributed by atoms with Crippen molar-refractivity contribution in [2.24, 2.45) is 0 Å². The van der Waals surface area contributed by atoms with E-state index in [-0.39, 0.29) is 30.8 Å². The Morgan fingerprint density at radius 1 is 1.20 bits per heavy atom. The van der Waals surface area contributed by atoms with Crippen LogP contribution in [0.3, 0.4) is 0 Å². The van der Waals surface area contributed by atoms with Crippen molar-refractivity contribution in [2.75, 3.05) is 6.54 Å². The highest BCUT2D eigenvalue weighted by atomic mass is 16.3. The van der Waals surface area contributed by atoms with Crippen molar-refractivity contribution in [2.45, 2.75) is 38.8 Å². The minimum atomic E-state index is -1.25. The van der Waals surface area contributed by atoms with Crippen molar-refractivity contribution < 1.29 is 14.7 Å². The van der Waals surface area contributed by atoms with Gasteiger partial charge in [0.1, 0.15) is 0 Å². The van der Waals surface area contributed by atoms with E-state index in [0.717, 1.165) is 0 Å². The van der Waals surface area contributed by atoms with Crippen LogP contribution in [0.5, 0.6) is 0 Å². The molecule has 3 N–H and O–H groups in total. The minimum absolute atomic E-state index is 0.0341. The number of carbonyl (C=O) groups is 2. The van der Waals surface area contributed by atoms with Gasteiger partial charge in [0.25, 0.3) is 0 Å². The lowest BCUT2D eigenvalue weighted by molar-refractivity contribution is -0.129. The van der Waals surface area contributed by atoms with E-state index >= 15 is 0 Å². The Hall–Kier alpha value is -1.88. The molecule has 0 aliphatic carbocycles. The molecule has 2 amide bonds. The number of hydrogen-bond donors (Lipinski definition) is 3. The Kier molecular flexibility index (Phi) is 5.70. The lowest BCUT2D eigenvalue weighted by Crippen LogP contribution is -2.41. The topological polar surface area (TPSA) is 78.4 Å². The van der Waals surface area contributed by atoms with Gasteiger partial charge in [-0.1, -0.05) is 30.3 Å². The third-order valence-electron chi connectivity index (χ3n) is 2.80. The molecule has 0 fully saturated rings. The average Bonchev–Trinajstić information content (AvgIpc) is 2.36. The molecule has 0 saturated heterocycles. The highest BCUT2D eigenvalue weighted by Gasteiger charge is 2.26. The van der Waals surface area contributed by atoms with E-state index in [4.69, 9.17) is 0 Å².